The van der Waals surface area contributed by atoms with Gasteiger partial charge in [0.05, 0.1) is 5.69 Å². The van der Waals surface area contributed by atoms with E-state index in [1.165, 1.54) is 6.92 Å². The molecule has 3 heterocycles. The van der Waals surface area contributed by atoms with Crippen LogP contribution in [0.4, 0.5) is 17.3 Å². The van der Waals surface area contributed by atoms with Crippen LogP contribution in [0.25, 0.3) is 5.65 Å². The third kappa shape index (κ3) is 2.16. The average molecular weight is 274 g/mol. The molecule has 2 aromatic rings. The summed E-state index contributed by atoms with van der Waals surface area (Å²) < 4.78 is 1.75. The van der Waals surface area contributed by atoms with E-state index in [2.05, 4.69) is 15.2 Å². The first-order chi connectivity index (χ1) is 9.54. The smallest absolute Gasteiger partial charge is 0.221 e. The Balaban J connectivity index is 2.04. The molecule has 2 aromatic heterocycles. The second kappa shape index (κ2) is 4.68. The van der Waals surface area contributed by atoms with Gasteiger partial charge in [-0.15, -0.1) is 0 Å². The number of nitrogens with two attached hydrogens (primary N) is 2. The van der Waals surface area contributed by atoms with Crippen molar-refractivity contribution in [2.45, 2.75) is 19.4 Å². The molecule has 1 amide bonds. The molecule has 0 unspecified atom stereocenters. The number of rotatable bonds is 2. The zero-order valence-corrected chi connectivity index (χ0v) is 11.3. The molecule has 1 atom stereocenters. The minimum absolute atomic E-state index is 0.132. The Hall–Kier alpha value is -2.28. The van der Waals surface area contributed by atoms with Crippen molar-refractivity contribution in [3.05, 3.63) is 18.3 Å². The highest BCUT2D eigenvalue weighted by Crippen LogP contribution is 2.25. The summed E-state index contributed by atoms with van der Waals surface area (Å²) in [5.74, 6) is 1.25. The van der Waals surface area contributed by atoms with E-state index >= 15 is 0 Å². The number of nitrogens with one attached hydrogen (secondary N) is 1. The molecule has 7 nitrogen and oxygen atoms in total. The fourth-order valence-corrected chi connectivity index (χ4v) is 2.53. The van der Waals surface area contributed by atoms with Crippen molar-refractivity contribution < 1.29 is 4.79 Å². The minimum atomic E-state index is -0.132. The molecule has 1 saturated heterocycles. The number of carbonyl (C=O) groups is 1. The first-order valence-corrected chi connectivity index (χ1v) is 6.60. The molecule has 1 aliphatic rings. The summed E-state index contributed by atoms with van der Waals surface area (Å²) in [5, 5.41) is 2.76. The summed E-state index contributed by atoms with van der Waals surface area (Å²) in [6, 6.07) is 3.80. The van der Waals surface area contributed by atoms with Crippen LogP contribution < -0.4 is 21.7 Å². The summed E-state index contributed by atoms with van der Waals surface area (Å²) in [7, 11) is 0. The van der Waals surface area contributed by atoms with E-state index in [-0.39, 0.29) is 11.9 Å². The number of hydrogen-bond acceptors (Lipinski definition) is 5. The highest BCUT2D eigenvalue weighted by Gasteiger charge is 2.21. The molecular weight excluding hydrogens is 256 g/mol. The van der Waals surface area contributed by atoms with E-state index in [1.54, 1.807) is 16.7 Å². The maximum Gasteiger partial charge on any atom is 0.221 e. The molecule has 0 aromatic carbocycles. The van der Waals surface area contributed by atoms with Gasteiger partial charge in [0.25, 0.3) is 0 Å². The molecule has 20 heavy (non-hydrogen) atoms. The lowest BCUT2D eigenvalue weighted by Crippen LogP contribution is -2.27. The van der Waals surface area contributed by atoms with Crippen molar-refractivity contribution in [3.63, 3.8) is 0 Å². The minimum Gasteiger partial charge on any atom is -0.385 e. The number of hydrogen-bond donors (Lipinski definition) is 3. The number of amides is 1. The first kappa shape index (κ1) is 12.7. The van der Waals surface area contributed by atoms with Crippen molar-refractivity contribution in [3.8, 4) is 0 Å². The number of carbonyl (C=O) groups excluding carboxylic acids is 1. The zero-order valence-electron chi connectivity index (χ0n) is 11.3. The quantitative estimate of drug-likeness (QED) is 0.736. The lowest BCUT2D eigenvalue weighted by molar-refractivity contribution is -0.114. The van der Waals surface area contributed by atoms with Crippen LogP contribution in [-0.2, 0) is 4.79 Å². The molecule has 106 valence electrons. The third-order valence-electron chi connectivity index (χ3n) is 3.49. The molecule has 0 spiro atoms. The largest absolute Gasteiger partial charge is 0.385 e. The Morgan fingerprint density at radius 3 is 3.00 bits per heavy atom. The summed E-state index contributed by atoms with van der Waals surface area (Å²) in [6.45, 7) is 3.12. The molecule has 0 saturated carbocycles. The van der Waals surface area contributed by atoms with Gasteiger partial charge in [0.1, 0.15) is 11.6 Å². The highest BCUT2D eigenvalue weighted by atomic mass is 16.1. The fourth-order valence-electron chi connectivity index (χ4n) is 2.53. The summed E-state index contributed by atoms with van der Waals surface area (Å²) >= 11 is 0. The number of nitrogens with zero attached hydrogens (tertiary/aromatic N) is 3. The first-order valence-electron chi connectivity index (χ1n) is 6.60. The Labute approximate surface area is 116 Å². The van der Waals surface area contributed by atoms with Gasteiger partial charge in [0.2, 0.25) is 5.91 Å². The summed E-state index contributed by atoms with van der Waals surface area (Å²) in [5.41, 5.74) is 13.3. The molecule has 1 fully saturated rings. The summed E-state index contributed by atoms with van der Waals surface area (Å²) in [6.07, 6.45) is 2.74. The number of anilines is 3. The SMILES string of the molecule is CC(=O)Nc1ccn2c(N)cc(N3CC[C@H](N)C3)nc12. The molecule has 1 aliphatic heterocycles. The van der Waals surface area contributed by atoms with Crippen LogP contribution in [0.15, 0.2) is 18.3 Å². The molecule has 0 bridgehead atoms. The van der Waals surface area contributed by atoms with Crippen LogP contribution in [-0.4, -0.2) is 34.4 Å². The monoisotopic (exact) mass is 274 g/mol. The third-order valence-corrected chi connectivity index (χ3v) is 3.49. The van der Waals surface area contributed by atoms with Crippen molar-refractivity contribution in [2.24, 2.45) is 5.73 Å². The van der Waals surface area contributed by atoms with Crippen LogP contribution >= 0.6 is 0 Å². The van der Waals surface area contributed by atoms with Gasteiger partial charge in [-0.2, -0.15) is 0 Å². The zero-order chi connectivity index (χ0) is 14.3. The molecular formula is C13H18N6O. The maximum atomic E-state index is 11.2. The Morgan fingerprint density at radius 2 is 2.35 bits per heavy atom. The number of nitrogen functional groups attached to an aromatic ring is 1. The second-order valence-corrected chi connectivity index (χ2v) is 5.14. The van der Waals surface area contributed by atoms with E-state index in [9.17, 15) is 4.79 Å². The van der Waals surface area contributed by atoms with Crippen molar-refractivity contribution in [2.75, 3.05) is 29.0 Å². The lowest BCUT2D eigenvalue weighted by Gasteiger charge is -2.18. The van der Waals surface area contributed by atoms with Crippen LogP contribution in [0.3, 0.4) is 0 Å². The van der Waals surface area contributed by atoms with Gasteiger partial charge in [-0.05, 0) is 12.5 Å². The van der Waals surface area contributed by atoms with Crippen LogP contribution in [0.1, 0.15) is 13.3 Å². The van der Waals surface area contributed by atoms with E-state index in [4.69, 9.17) is 11.5 Å². The highest BCUT2D eigenvalue weighted by molar-refractivity contribution is 5.93. The van der Waals surface area contributed by atoms with Crippen LogP contribution in [0.5, 0.6) is 0 Å². The predicted octanol–water partition coefficient (Wildman–Crippen LogP) is 0.412. The Morgan fingerprint density at radius 1 is 1.55 bits per heavy atom. The van der Waals surface area contributed by atoms with Gasteiger partial charge < -0.3 is 21.7 Å². The molecule has 7 heteroatoms. The summed E-state index contributed by atoms with van der Waals surface area (Å²) in [4.78, 5) is 17.9. The van der Waals surface area contributed by atoms with E-state index in [1.807, 2.05) is 6.07 Å². The van der Waals surface area contributed by atoms with Crippen molar-refractivity contribution >= 4 is 28.9 Å². The number of fused-ring (bicyclic) bond motifs is 1. The molecule has 3 rings (SSSR count). The van der Waals surface area contributed by atoms with Crippen LogP contribution in [0.2, 0.25) is 0 Å². The lowest BCUT2D eigenvalue weighted by atomic mass is 10.3. The fraction of sp³-hybridized carbons (Fsp3) is 0.385. The van der Waals surface area contributed by atoms with Crippen molar-refractivity contribution in [1.82, 2.24) is 9.38 Å². The van der Waals surface area contributed by atoms with Gasteiger partial charge in [-0.25, -0.2) is 4.98 Å². The van der Waals surface area contributed by atoms with Gasteiger partial charge in [0, 0.05) is 38.3 Å². The van der Waals surface area contributed by atoms with Crippen LogP contribution in [0, 0.1) is 0 Å². The molecule has 5 N–H and O–H groups in total. The van der Waals surface area contributed by atoms with E-state index in [0.29, 0.717) is 17.2 Å². The topological polar surface area (TPSA) is 102 Å². The van der Waals surface area contributed by atoms with E-state index in [0.717, 1.165) is 25.3 Å². The van der Waals surface area contributed by atoms with E-state index < -0.39 is 0 Å². The molecule has 0 aliphatic carbocycles. The van der Waals surface area contributed by atoms with Crippen molar-refractivity contribution in [1.29, 1.82) is 0 Å². The van der Waals surface area contributed by atoms with Gasteiger partial charge in [0.15, 0.2) is 5.65 Å². The van der Waals surface area contributed by atoms with Gasteiger partial charge >= 0.3 is 0 Å². The second-order valence-electron chi connectivity index (χ2n) is 5.14. The normalized spacial score (nSPS) is 18.7. The van der Waals surface area contributed by atoms with Gasteiger partial charge in [-0.1, -0.05) is 0 Å². The molecule has 0 radical (unpaired) electrons. The number of aromatic nitrogens is 2. The maximum absolute atomic E-state index is 11.2. The van der Waals surface area contributed by atoms with Gasteiger partial charge in [-0.3, -0.25) is 9.20 Å². The predicted molar refractivity (Wildman–Crippen MR) is 78.7 cm³/mol. The Kier molecular flexibility index (Phi) is 2.98. The Bertz CT molecular complexity index is 664. The average Bonchev–Trinajstić information content (AvgIpc) is 2.96. The standard InChI is InChI=1S/C13H18N6O/c1-8(20)16-10-3-5-19-11(15)6-12(17-13(10)19)18-4-2-9(14)7-18/h3,5-6,9H,2,4,7,14-15H2,1H3,(H,16,20)/t9-/m0/s1.